The second kappa shape index (κ2) is 11.4. The lowest BCUT2D eigenvalue weighted by molar-refractivity contribution is 0.104. The van der Waals surface area contributed by atoms with Gasteiger partial charge in [-0.05, 0) is 52.0 Å². The van der Waals surface area contributed by atoms with Crippen molar-refractivity contribution in [3.8, 4) is 24.0 Å². The molecule has 0 fully saturated rings. The Morgan fingerprint density at radius 2 is 1.83 bits per heavy atom. The molecule has 1 aromatic carbocycles. The van der Waals surface area contributed by atoms with Crippen LogP contribution in [0.5, 0.6) is 5.75 Å². The largest absolute Gasteiger partial charge is 0.490 e. The van der Waals surface area contributed by atoms with E-state index < -0.39 is 23.0 Å². The summed E-state index contributed by atoms with van der Waals surface area (Å²) in [5, 5.41) is 28.8. The quantitative estimate of drug-likeness (QED) is 0.250. The Bertz CT molecular complexity index is 1360. The second-order valence-electron chi connectivity index (χ2n) is 7.96. The summed E-state index contributed by atoms with van der Waals surface area (Å²) in [6.45, 7) is 4.63. The molecule has 9 heteroatoms. The van der Waals surface area contributed by atoms with Crippen LogP contribution in [0.1, 0.15) is 65.9 Å². The van der Waals surface area contributed by atoms with Gasteiger partial charge in [0, 0.05) is 16.7 Å². The van der Waals surface area contributed by atoms with E-state index in [1.165, 1.54) is 6.08 Å². The highest BCUT2D eigenvalue weighted by molar-refractivity contribution is 9.11. The molecule has 1 aliphatic rings. The molecule has 35 heavy (non-hydrogen) atoms. The Morgan fingerprint density at radius 3 is 2.40 bits per heavy atom. The van der Waals surface area contributed by atoms with Gasteiger partial charge in [-0.1, -0.05) is 33.1 Å². The highest BCUT2D eigenvalue weighted by Crippen LogP contribution is 2.45. The van der Waals surface area contributed by atoms with E-state index in [-0.39, 0.29) is 27.8 Å². The molecular formula is C26H20BrF2N3O2S. The minimum absolute atomic E-state index is 0.0365. The molecule has 1 atom stereocenters. The Balaban J connectivity index is 2.10. The average Bonchev–Trinajstić information content (AvgIpc) is 3.28. The molecule has 0 amide bonds. The predicted molar refractivity (Wildman–Crippen MR) is 132 cm³/mol. The number of fused-ring (bicyclic) bond motifs is 1. The molecule has 1 heterocycles. The molecule has 0 radical (unpaired) electrons. The van der Waals surface area contributed by atoms with Crippen LogP contribution in [0.15, 0.2) is 27.1 Å². The smallest absolute Gasteiger partial charge is 0.194 e. The van der Waals surface area contributed by atoms with E-state index in [0.717, 1.165) is 49.2 Å². The highest BCUT2D eigenvalue weighted by atomic mass is 79.9. The van der Waals surface area contributed by atoms with Crippen LogP contribution in [0.2, 0.25) is 0 Å². The van der Waals surface area contributed by atoms with Crippen molar-refractivity contribution in [2.24, 2.45) is 5.92 Å². The minimum atomic E-state index is -1.21. The number of Topliss-reactive ketones (excluding diaryl/α,β-unsaturated/α-hetero) is 1. The van der Waals surface area contributed by atoms with E-state index in [9.17, 15) is 29.4 Å². The molecule has 0 N–H and O–H groups in total. The molecule has 178 valence electrons. The number of halogens is 3. The topological polar surface area (TPSA) is 97.7 Å². The third-order valence-electron chi connectivity index (χ3n) is 5.81. The summed E-state index contributed by atoms with van der Waals surface area (Å²) in [6, 6.07) is 7.10. The van der Waals surface area contributed by atoms with Crippen molar-refractivity contribution in [1.82, 2.24) is 0 Å². The molecule has 0 aliphatic heterocycles. The SMILES string of the molecule is CCCCC(CC)COc1c(Br)sc(/C=C2\C(=O)c3cc(F)c(F)cc3C2=C(C#N)C#N)c1C#N. The van der Waals surface area contributed by atoms with Crippen LogP contribution in [-0.4, -0.2) is 12.4 Å². The molecular weight excluding hydrogens is 536 g/mol. The first-order valence-corrected chi connectivity index (χ1v) is 12.6. The van der Waals surface area contributed by atoms with E-state index in [2.05, 4.69) is 35.8 Å². The summed E-state index contributed by atoms with van der Waals surface area (Å²) < 4.78 is 34.4. The van der Waals surface area contributed by atoms with Gasteiger partial charge in [0.2, 0.25) is 0 Å². The summed E-state index contributed by atoms with van der Waals surface area (Å²) in [6.07, 6.45) is 5.46. The van der Waals surface area contributed by atoms with Crippen LogP contribution in [0.25, 0.3) is 11.6 Å². The lowest BCUT2D eigenvalue weighted by Gasteiger charge is -2.15. The maximum absolute atomic E-state index is 14.0. The van der Waals surface area contributed by atoms with Gasteiger partial charge >= 0.3 is 0 Å². The van der Waals surface area contributed by atoms with Gasteiger partial charge in [-0.25, -0.2) is 8.78 Å². The molecule has 0 spiro atoms. The van der Waals surface area contributed by atoms with Gasteiger partial charge < -0.3 is 4.74 Å². The van der Waals surface area contributed by atoms with Gasteiger partial charge in [0.05, 0.1) is 11.5 Å². The number of nitriles is 3. The van der Waals surface area contributed by atoms with Gasteiger partial charge in [-0.2, -0.15) is 15.8 Å². The van der Waals surface area contributed by atoms with Gasteiger partial charge in [0.15, 0.2) is 23.2 Å². The zero-order chi connectivity index (χ0) is 25.7. The number of nitrogens with zero attached hydrogens (tertiary/aromatic N) is 3. The fraction of sp³-hybridized carbons (Fsp3) is 0.308. The lowest BCUT2D eigenvalue weighted by atomic mass is 9.98. The third kappa shape index (κ3) is 5.20. The van der Waals surface area contributed by atoms with Crippen LogP contribution >= 0.6 is 27.3 Å². The van der Waals surface area contributed by atoms with E-state index in [0.29, 0.717) is 26.9 Å². The number of rotatable bonds is 8. The first kappa shape index (κ1) is 26.3. The summed E-state index contributed by atoms with van der Waals surface area (Å²) in [5.74, 6) is -2.40. The fourth-order valence-electron chi connectivity index (χ4n) is 3.86. The number of benzene rings is 1. The van der Waals surface area contributed by atoms with Gasteiger partial charge in [-0.15, -0.1) is 11.3 Å². The molecule has 1 aromatic heterocycles. The number of unbranched alkanes of at least 4 members (excludes halogenated alkanes) is 1. The van der Waals surface area contributed by atoms with E-state index >= 15 is 0 Å². The van der Waals surface area contributed by atoms with Crippen LogP contribution in [-0.2, 0) is 0 Å². The second-order valence-corrected chi connectivity index (χ2v) is 10.3. The molecule has 3 rings (SSSR count). The Morgan fingerprint density at radius 1 is 1.17 bits per heavy atom. The van der Waals surface area contributed by atoms with Crippen LogP contribution in [0.3, 0.4) is 0 Å². The summed E-state index contributed by atoms with van der Waals surface area (Å²) in [7, 11) is 0. The number of ketones is 1. The highest BCUT2D eigenvalue weighted by Gasteiger charge is 2.35. The number of hydrogen-bond donors (Lipinski definition) is 0. The maximum atomic E-state index is 14.0. The average molecular weight is 556 g/mol. The monoisotopic (exact) mass is 555 g/mol. The van der Waals surface area contributed by atoms with Crippen molar-refractivity contribution in [1.29, 1.82) is 15.8 Å². The Kier molecular flexibility index (Phi) is 8.57. The normalized spacial score (nSPS) is 14.3. The number of carbonyl (C=O) groups excluding carboxylic acids is 1. The first-order chi connectivity index (χ1) is 16.8. The molecule has 5 nitrogen and oxygen atoms in total. The zero-order valence-corrected chi connectivity index (χ0v) is 21.4. The summed E-state index contributed by atoms with van der Waals surface area (Å²) in [5.41, 5.74) is -0.590. The number of carbonyl (C=O) groups is 1. The number of hydrogen-bond acceptors (Lipinski definition) is 6. The maximum Gasteiger partial charge on any atom is 0.194 e. The number of allylic oxidation sites excluding steroid dienone is 3. The van der Waals surface area contributed by atoms with Crippen molar-refractivity contribution < 1.29 is 18.3 Å². The molecule has 0 saturated heterocycles. The van der Waals surface area contributed by atoms with Crippen molar-refractivity contribution in [2.75, 3.05) is 6.61 Å². The predicted octanol–water partition coefficient (Wildman–Crippen LogP) is 7.34. The van der Waals surface area contributed by atoms with E-state index in [4.69, 9.17) is 4.74 Å². The van der Waals surface area contributed by atoms with Crippen LogP contribution < -0.4 is 4.74 Å². The van der Waals surface area contributed by atoms with Gasteiger partial charge in [0.25, 0.3) is 0 Å². The van der Waals surface area contributed by atoms with Crippen molar-refractivity contribution >= 4 is 44.7 Å². The minimum Gasteiger partial charge on any atom is -0.490 e. The van der Waals surface area contributed by atoms with Crippen molar-refractivity contribution in [2.45, 2.75) is 39.5 Å². The summed E-state index contributed by atoms with van der Waals surface area (Å²) in [4.78, 5) is 13.5. The molecule has 0 bridgehead atoms. The number of ether oxygens (including phenoxy) is 1. The number of thiophene rings is 1. The molecule has 1 unspecified atom stereocenters. The van der Waals surface area contributed by atoms with Gasteiger partial charge in [-0.3, -0.25) is 4.79 Å². The lowest BCUT2D eigenvalue weighted by Crippen LogP contribution is -2.11. The van der Waals surface area contributed by atoms with Crippen LogP contribution in [0.4, 0.5) is 8.78 Å². The van der Waals surface area contributed by atoms with Gasteiger partial charge in [0.1, 0.15) is 33.1 Å². The first-order valence-electron chi connectivity index (χ1n) is 11.0. The summed E-state index contributed by atoms with van der Waals surface area (Å²) >= 11 is 4.58. The Hall–Kier alpha value is -3.32. The molecule has 0 saturated carbocycles. The molecule has 1 aliphatic carbocycles. The molecule has 2 aromatic rings. The van der Waals surface area contributed by atoms with Crippen molar-refractivity contribution in [3.63, 3.8) is 0 Å². The third-order valence-corrected chi connectivity index (χ3v) is 7.56. The fourth-order valence-corrected chi connectivity index (χ4v) is 5.56. The Labute approximate surface area is 214 Å². The standard InChI is InChI=1S/C26H20BrF2N3O2S/c1-3-5-6-14(4-2)13-34-25-19(12-32)22(35-26(25)27)9-18-23(15(10-30)11-31)16-7-20(28)21(29)8-17(16)24(18)33/h7-9,14H,3-6,13H2,1-2H3/b18-9-. The van der Waals surface area contributed by atoms with E-state index in [1.54, 1.807) is 12.1 Å². The zero-order valence-electron chi connectivity index (χ0n) is 19.0. The van der Waals surface area contributed by atoms with Crippen molar-refractivity contribution in [3.05, 3.63) is 60.3 Å². The van der Waals surface area contributed by atoms with E-state index in [1.807, 2.05) is 0 Å². The van der Waals surface area contributed by atoms with Crippen LogP contribution in [0, 0.1) is 51.5 Å².